The Morgan fingerprint density at radius 1 is 0.966 bits per heavy atom. The molecule has 2 N–H and O–H groups in total. The number of hydrogen-bond donors (Lipinski definition) is 2. The Hall–Kier alpha value is -3.80. The molecule has 146 valence electrons. The molecule has 6 heteroatoms. The van der Waals surface area contributed by atoms with E-state index in [4.69, 9.17) is 9.47 Å². The number of carbonyl (C=O) groups is 2. The van der Waals surface area contributed by atoms with Crippen molar-refractivity contribution in [2.45, 2.75) is 19.1 Å². The molecule has 1 atom stereocenters. The first-order valence-corrected chi connectivity index (χ1v) is 9.30. The lowest BCUT2D eigenvalue weighted by Crippen LogP contribution is -2.39. The first-order chi connectivity index (χ1) is 14.2. The number of carbonyl (C=O) groups excluding carboxylic acids is 2. The zero-order valence-electron chi connectivity index (χ0n) is 15.6. The summed E-state index contributed by atoms with van der Waals surface area (Å²) in [6.45, 7) is 0.474. The lowest BCUT2D eigenvalue weighted by atomic mass is 10.1. The number of nitrogens with one attached hydrogen (secondary N) is 2. The van der Waals surface area contributed by atoms with Crippen molar-refractivity contribution >= 4 is 23.2 Å². The van der Waals surface area contributed by atoms with Crippen molar-refractivity contribution in [3.05, 3.63) is 84.4 Å². The van der Waals surface area contributed by atoms with Crippen molar-refractivity contribution < 1.29 is 19.1 Å². The van der Waals surface area contributed by atoms with Crippen LogP contribution in [0.25, 0.3) is 0 Å². The Balaban J connectivity index is 1.30. The Morgan fingerprint density at radius 3 is 2.48 bits per heavy atom. The third-order valence-corrected chi connectivity index (χ3v) is 4.46. The largest absolute Gasteiger partial charge is 0.489 e. The van der Waals surface area contributed by atoms with Crippen LogP contribution in [0.15, 0.2) is 78.9 Å². The number of amides is 2. The Labute approximate surface area is 168 Å². The molecule has 1 aliphatic heterocycles. The topological polar surface area (TPSA) is 76.7 Å². The molecule has 0 unspecified atom stereocenters. The second kappa shape index (κ2) is 8.48. The van der Waals surface area contributed by atoms with Gasteiger partial charge in [0.05, 0.1) is 12.1 Å². The fourth-order valence-corrected chi connectivity index (χ4v) is 2.98. The standard InChI is InChI=1S/C23H20N2O4/c26-22(14-21-23(27)25-19-8-4-5-9-20(19)29-21)24-17-10-12-18(13-11-17)28-15-16-6-2-1-3-7-16/h1-13,21H,14-15H2,(H,24,26)(H,25,27)/t21-/m1/s1. The van der Waals surface area contributed by atoms with Gasteiger partial charge in [-0.1, -0.05) is 42.5 Å². The molecule has 3 aromatic carbocycles. The molecule has 1 heterocycles. The second-order valence-corrected chi connectivity index (χ2v) is 6.64. The van der Waals surface area contributed by atoms with E-state index in [2.05, 4.69) is 10.6 Å². The van der Waals surface area contributed by atoms with Crippen molar-refractivity contribution in [2.75, 3.05) is 10.6 Å². The fraction of sp³-hybridized carbons (Fsp3) is 0.130. The van der Waals surface area contributed by atoms with E-state index in [1.807, 2.05) is 42.5 Å². The highest BCUT2D eigenvalue weighted by Crippen LogP contribution is 2.29. The number of rotatable bonds is 6. The van der Waals surface area contributed by atoms with Gasteiger partial charge in [-0.25, -0.2) is 0 Å². The van der Waals surface area contributed by atoms with E-state index in [9.17, 15) is 9.59 Å². The van der Waals surface area contributed by atoms with E-state index in [0.717, 1.165) is 5.56 Å². The molecular weight excluding hydrogens is 368 g/mol. The SMILES string of the molecule is O=C(C[C@H]1Oc2ccccc2NC1=O)Nc1ccc(OCc2ccccc2)cc1. The Bertz CT molecular complexity index is 1000. The zero-order chi connectivity index (χ0) is 20.1. The van der Waals surface area contributed by atoms with E-state index in [1.165, 1.54) is 0 Å². The summed E-state index contributed by atoms with van der Waals surface area (Å²) in [5.74, 6) is 0.634. The average Bonchev–Trinajstić information content (AvgIpc) is 2.74. The van der Waals surface area contributed by atoms with Crippen molar-refractivity contribution in [1.29, 1.82) is 0 Å². The molecule has 6 nitrogen and oxygen atoms in total. The summed E-state index contributed by atoms with van der Waals surface area (Å²) in [6.07, 6.45) is -0.940. The summed E-state index contributed by atoms with van der Waals surface area (Å²) in [5.41, 5.74) is 2.32. The smallest absolute Gasteiger partial charge is 0.266 e. The monoisotopic (exact) mass is 388 g/mol. The summed E-state index contributed by atoms with van der Waals surface area (Å²) in [7, 11) is 0. The second-order valence-electron chi connectivity index (χ2n) is 6.64. The highest BCUT2D eigenvalue weighted by Gasteiger charge is 2.29. The van der Waals surface area contributed by atoms with Crippen LogP contribution in [0.3, 0.4) is 0 Å². The van der Waals surface area contributed by atoms with Crippen molar-refractivity contribution in [3.63, 3.8) is 0 Å². The van der Waals surface area contributed by atoms with E-state index in [-0.39, 0.29) is 18.2 Å². The molecule has 4 rings (SSSR count). The number of fused-ring (bicyclic) bond motifs is 1. The maximum absolute atomic E-state index is 12.3. The van der Waals surface area contributed by atoms with Gasteiger partial charge in [0.15, 0.2) is 6.10 Å². The van der Waals surface area contributed by atoms with Gasteiger partial charge in [0.25, 0.3) is 5.91 Å². The fourth-order valence-electron chi connectivity index (χ4n) is 2.98. The van der Waals surface area contributed by atoms with Crippen molar-refractivity contribution in [1.82, 2.24) is 0 Å². The average molecular weight is 388 g/mol. The number of anilines is 2. The van der Waals surface area contributed by atoms with E-state index in [1.54, 1.807) is 36.4 Å². The van der Waals surface area contributed by atoms with Crippen LogP contribution in [0.4, 0.5) is 11.4 Å². The molecule has 1 aliphatic rings. The van der Waals surface area contributed by atoms with Gasteiger partial charge >= 0.3 is 0 Å². The lowest BCUT2D eigenvalue weighted by molar-refractivity contribution is -0.128. The van der Waals surface area contributed by atoms with E-state index >= 15 is 0 Å². The summed E-state index contributed by atoms with van der Waals surface area (Å²) in [4.78, 5) is 24.5. The van der Waals surface area contributed by atoms with Gasteiger partial charge in [0.1, 0.15) is 18.1 Å². The Morgan fingerprint density at radius 2 is 1.69 bits per heavy atom. The van der Waals surface area contributed by atoms with Crippen molar-refractivity contribution in [3.8, 4) is 11.5 Å². The van der Waals surface area contributed by atoms with Crippen LogP contribution in [-0.2, 0) is 16.2 Å². The molecule has 0 aliphatic carbocycles. The van der Waals surface area contributed by atoms with Crippen LogP contribution in [0, 0.1) is 0 Å². The minimum absolute atomic E-state index is 0.0770. The van der Waals surface area contributed by atoms with Crippen LogP contribution in [0.1, 0.15) is 12.0 Å². The molecule has 0 bridgehead atoms. The molecule has 3 aromatic rings. The molecule has 0 saturated carbocycles. The quantitative estimate of drug-likeness (QED) is 0.669. The third kappa shape index (κ3) is 4.73. The van der Waals surface area contributed by atoms with Gasteiger partial charge in [-0.05, 0) is 42.0 Å². The Kier molecular flexibility index (Phi) is 5.42. The van der Waals surface area contributed by atoms with Crippen LogP contribution in [-0.4, -0.2) is 17.9 Å². The van der Waals surface area contributed by atoms with Gasteiger partial charge in [-0.3, -0.25) is 9.59 Å². The molecule has 0 saturated heterocycles. The van der Waals surface area contributed by atoms with Gasteiger partial charge in [0.2, 0.25) is 5.91 Å². The minimum Gasteiger partial charge on any atom is -0.489 e. The minimum atomic E-state index is -0.863. The van der Waals surface area contributed by atoms with Gasteiger partial charge < -0.3 is 20.1 Å². The lowest BCUT2D eigenvalue weighted by Gasteiger charge is -2.25. The highest BCUT2D eigenvalue weighted by molar-refractivity contribution is 6.01. The molecule has 0 fully saturated rings. The third-order valence-electron chi connectivity index (χ3n) is 4.46. The molecule has 0 aromatic heterocycles. The van der Waals surface area contributed by atoms with Crippen LogP contribution in [0.2, 0.25) is 0 Å². The number of hydrogen-bond acceptors (Lipinski definition) is 4. The molecule has 0 radical (unpaired) electrons. The number of para-hydroxylation sites is 2. The van der Waals surface area contributed by atoms with Crippen LogP contribution >= 0.6 is 0 Å². The first-order valence-electron chi connectivity index (χ1n) is 9.30. The predicted molar refractivity (Wildman–Crippen MR) is 110 cm³/mol. The summed E-state index contributed by atoms with van der Waals surface area (Å²) < 4.78 is 11.4. The van der Waals surface area contributed by atoms with E-state index in [0.29, 0.717) is 29.5 Å². The summed E-state index contributed by atoms with van der Waals surface area (Å²) >= 11 is 0. The predicted octanol–water partition coefficient (Wildman–Crippen LogP) is 3.99. The number of ether oxygens (including phenoxy) is 2. The molecular formula is C23H20N2O4. The van der Waals surface area contributed by atoms with Gasteiger partial charge in [-0.15, -0.1) is 0 Å². The molecule has 0 spiro atoms. The summed E-state index contributed by atoms with van der Waals surface area (Å²) in [5, 5.41) is 5.53. The zero-order valence-corrected chi connectivity index (χ0v) is 15.6. The number of benzene rings is 3. The molecule has 29 heavy (non-hydrogen) atoms. The van der Waals surface area contributed by atoms with Crippen LogP contribution < -0.4 is 20.1 Å². The van der Waals surface area contributed by atoms with E-state index < -0.39 is 6.10 Å². The molecule has 2 amide bonds. The van der Waals surface area contributed by atoms with Crippen LogP contribution in [0.5, 0.6) is 11.5 Å². The van der Waals surface area contributed by atoms with Gasteiger partial charge in [-0.2, -0.15) is 0 Å². The maximum Gasteiger partial charge on any atom is 0.266 e. The highest BCUT2D eigenvalue weighted by atomic mass is 16.5. The summed E-state index contributed by atoms with van der Waals surface area (Å²) in [6, 6.07) is 24.1. The van der Waals surface area contributed by atoms with Crippen molar-refractivity contribution in [2.24, 2.45) is 0 Å². The van der Waals surface area contributed by atoms with Gasteiger partial charge in [0, 0.05) is 5.69 Å². The first kappa shape index (κ1) is 18.6. The normalized spacial score (nSPS) is 14.9. The maximum atomic E-state index is 12.3.